The second kappa shape index (κ2) is 6.88. The summed E-state index contributed by atoms with van der Waals surface area (Å²) in [5.41, 5.74) is 2.86. The van der Waals surface area contributed by atoms with Crippen LogP contribution in [0.25, 0.3) is 0 Å². The molecule has 0 aromatic heterocycles. The van der Waals surface area contributed by atoms with E-state index in [0.717, 1.165) is 24.0 Å². The summed E-state index contributed by atoms with van der Waals surface area (Å²) in [6.07, 6.45) is 1.93. The van der Waals surface area contributed by atoms with Crippen molar-refractivity contribution < 1.29 is 4.92 Å². The van der Waals surface area contributed by atoms with Crippen molar-refractivity contribution >= 4 is 11.4 Å². The number of hydrogen-bond acceptors (Lipinski definition) is 3. The minimum Gasteiger partial charge on any atom is -0.373 e. The van der Waals surface area contributed by atoms with Gasteiger partial charge >= 0.3 is 0 Å². The molecule has 0 amide bonds. The van der Waals surface area contributed by atoms with Crippen LogP contribution in [0.5, 0.6) is 0 Å². The lowest BCUT2D eigenvalue weighted by Gasteiger charge is -2.20. The zero-order valence-electron chi connectivity index (χ0n) is 12.4. The smallest absolute Gasteiger partial charge is 0.292 e. The molecule has 0 saturated heterocycles. The third-order valence-corrected chi connectivity index (χ3v) is 3.46. The highest BCUT2D eigenvalue weighted by Crippen LogP contribution is 2.31. The summed E-state index contributed by atoms with van der Waals surface area (Å²) < 4.78 is 0. The van der Waals surface area contributed by atoms with Gasteiger partial charge in [0, 0.05) is 6.07 Å². The molecule has 0 heterocycles. The van der Waals surface area contributed by atoms with Crippen LogP contribution in [0.4, 0.5) is 11.4 Å². The van der Waals surface area contributed by atoms with Crippen LogP contribution in [0.1, 0.15) is 36.9 Å². The molecule has 21 heavy (non-hydrogen) atoms. The number of nitrogens with one attached hydrogen (secondary N) is 1. The molecule has 0 saturated carbocycles. The SMILES string of the molecule is CCCC(Nc1cc(C)ccc1[N+](=O)[O-])c1ccccc1. The zero-order chi connectivity index (χ0) is 15.2. The largest absolute Gasteiger partial charge is 0.373 e. The predicted octanol–water partition coefficient (Wildman–Crippen LogP) is 4.86. The fraction of sp³-hybridized carbons (Fsp3) is 0.294. The Morgan fingerprint density at radius 2 is 1.90 bits per heavy atom. The van der Waals surface area contributed by atoms with Gasteiger partial charge in [0.1, 0.15) is 5.69 Å². The summed E-state index contributed by atoms with van der Waals surface area (Å²) in [5, 5.41) is 14.5. The number of aryl methyl sites for hydroxylation is 1. The minimum atomic E-state index is -0.338. The number of nitro benzene ring substituents is 1. The van der Waals surface area contributed by atoms with Gasteiger partial charge in [-0.05, 0) is 30.5 Å². The molecule has 1 atom stereocenters. The second-order valence-corrected chi connectivity index (χ2v) is 5.17. The van der Waals surface area contributed by atoms with E-state index in [0.29, 0.717) is 5.69 Å². The van der Waals surface area contributed by atoms with E-state index in [1.54, 1.807) is 12.1 Å². The van der Waals surface area contributed by atoms with Crippen LogP contribution in [0, 0.1) is 17.0 Å². The number of hydrogen-bond donors (Lipinski definition) is 1. The molecule has 2 aromatic carbocycles. The Morgan fingerprint density at radius 3 is 2.52 bits per heavy atom. The Labute approximate surface area is 125 Å². The summed E-state index contributed by atoms with van der Waals surface area (Å²) in [5.74, 6) is 0. The molecule has 0 radical (unpaired) electrons. The fourth-order valence-corrected chi connectivity index (χ4v) is 2.41. The van der Waals surface area contributed by atoms with Crippen LogP contribution in [-0.4, -0.2) is 4.92 Å². The van der Waals surface area contributed by atoms with E-state index in [1.807, 2.05) is 31.2 Å². The molecule has 110 valence electrons. The van der Waals surface area contributed by atoms with Crippen LogP contribution >= 0.6 is 0 Å². The van der Waals surface area contributed by atoms with Crippen LogP contribution in [0.2, 0.25) is 0 Å². The van der Waals surface area contributed by atoms with Crippen LogP contribution in [0.15, 0.2) is 48.5 Å². The van der Waals surface area contributed by atoms with Gasteiger partial charge in [-0.3, -0.25) is 10.1 Å². The minimum absolute atomic E-state index is 0.0803. The maximum atomic E-state index is 11.2. The highest BCUT2D eigenvalue weighted by atomic mass is 16.6. The number of nitrogens with zero attached hydrogens (tertiary/aromatic N) is 1. The highest BCUT2D eigenvalue weighted by molar-refractivity contribution is 5.63. The fourth-order valence-electron chi connectivity index (χ4n) is 2.41. The molecular weight excluding hydrogens is 264 g/mol. The molecule has 4 nitrogen and oxygen atoms in total. The third-order valence-electron chi connectivity index (χ3n) is 3.46. The molecule has 0 aliphatic heterocycles. The lowest BCUT2D eigenvalue weighted by molar-refractivity contribution is -0.384. The van der Waals surface area contributed by atoms with Gasteiger partial charge in [-0.1, -0.05) is 49.7 Å². The molecule has 0 fully saturated rings. The van der Waals surface area contributed by atoms with E-state index >= 15 is 0 Å². The third kappa shape index (κ3) is 3.81. The van der Waals surface area contributed by atoms with E-state index in [2.05, 4.69) is 24.4 Å². The maximum Gasteiger partial charge on any atom is 0.292 e. The lowest BCUT2D eigenvalue weighted by Crippen LogP contribution is -2.12. The molecule has 1 N–H and O–H groups in total. The number of benzene rings is 2. The van der Waals surface area contributed by atoms with Crippen LogP contribution in [0.3, 0.4) is 0 Å². The summed E-state index contributed by atoms with van der Waals surface area (Å²) >= 11 is 0. The second-order valence-electron chi connectivity index (χ2n) is 5.17. The van der Waals surface area contributed by atoms with Crippen molar-refractivity contribution in [2.75, 3.05) is 5.32 Å². The van der Waals surface area contributed by atoms with Gasteiger partial charge in [0.25, 0.3) is 5.69 Å². The van der Waals surface area contributed by atoms with Crippen LogP contribution in [-0.2, 0) is 0 Å². The molecule has 0 aliphatic rings. The van der Waals surface area contributed by atoms with Crippen molar-refractivity contribution in [3.63, 3.8) is 0 Å². The number of anilines is 1. The topological polar surface area (TPSA) is 55.2 Å². The molecule has 1 unspecified atom stereocenters. The quantitative estimate of drug-likeness (QED) is 0.609. The van der Waals surface area contributed by atoms with Crippen LogP contribution < -0.4 is 5.32 Å². The lowest BCUT2D eigenvalue weighted by atomic mass is 10.0. The van der Waals surface area contributed by atoms with E-state index in [4.69, 9.17) is 0 Å². The first-order chi connectivity index (χ1) is 10.1. The molecule has 2 aromatic rings. The Balaban J connectivity index is 2.33. The van der Waals surface area contributed by atoms with E-state index < -0.39 is 0 Å². The molecule has 0 aliphatic carbocycles. The van der Waals surface area contributed by atoms with Crippen molar-refractivity contribution in [3.8, 4) is 0 Å². The molecule has 2 rings (SSSR count). The van der Waals surface area contributed by atoms with Crippen molar-refractivity contribution in [2.24, 2.45) is 0 Å². The Kier molecular flexibility index (Phi) is 4.93. The zero-order valence-corrected chi connectivity index (χ0v) is 12.4. The predicted molar refractivity (Wildman–Crippen MR) is 85.5 cm³/mol. The monoisotopic (exact) mass is 284 g/mol. The van der Waals surface area contributed by atoms with Gasteiger partial charge in [0.2, 0.25) is 0 Å². The maximum absolute atomic E-state index is 11.2. The van der Waals surface area contributed by atoms with Crippen molar-refractivity contribution in [1.29, 1.82) is 0 Å². The van der Waals surface area contributed by atoms with Gasteiger partial charge < -0.3 is 5.32 Å². The Hall–Kier alpha value is -2.36. The number of nitro groups is 1. The van der Waals surface area contributed by atoms with Gasteiger partial charge in [0.15, 0.2) is 0 Å². The average Bonchev–Trinajstić information content (AvgIpc) is 2.47. The molecule has 0 spiro atoms. The van der Waals surface area contributed by atoms with Gasteiger partial charge in [-0.25, -0.2) is 0 Å². The first-order valence-electron chi connectivity index (χ1n) is 7.18. The standard InChI is InChI=1S/C17H20N2O2/c1-3-7-15(14-8-5-4-6-9-14)18-16-12-13(2)10-11-17(16)19(20)21/h4-6,8-12,15,18H,3,7H2,1-2H3. The molecular formula is C17H20N2O2. The van der Waals surface area contributed by atoms with Gasteiger partial charge in [0.05, 0.1) is 11.0 Å². The summed E-state index contributed by atoms with van der Waals surface area (Å²) in [4.78, 5) is 10.8. The molecule has 0 bridgehead atoms. The van der Waals surface area contributed by atoms with E-state index in [-0.39, 0.29) is 16.7 Å². The van der Waals surface area contributed by atoms with Crippen molar-refractivity contribution in [1.82, 2.24) is 0 Å². The highest BCUT2D eigenvalue weighted by Gasteiger charge is 2.17. The first kappa shape index (κ1) is 15.0. The summed E-state index contributed by atoms with van der Waals surface area (Å²) in [6, 6.07) is 15.3. The number of rotatable bonds is 6. The van der Waals surface area contributed by atoms with Gasteiger partial charge in [-0.15, -0.1) is 0 Å². The normalized spacial score (nSPS) is 11.9. The first-order valence-corrected chi connectivity index (χ1v) is 7.18. The van der Waals surface area contributed by atoms with E-state index in [1.165, 1.54) is 0 Å². The Bertz CT molecular complexity index is 611. The summed E-state index contributed by atoms with van der Waals surface area (Å²) in [7, 11) is 0. The Morgan fingerprint density at radius 1 is 1.19 bits per heavy atom. The van der Waals surface area contributed by atoms with Crippen molar-refractivity contribution in [3.05, 3.63) is 69.8 Å². The molecule has 4 heteroatoms. The van der Waals surface area contributed by atoms with E-state index in [9.17, 15) is 10.1 Å². The summed E-state index contributed by atoms with van der Waals surface area (Å²) in [6.45, 7) is 4.05. The average molecular weight is 284 g/mol. The van der Waals surface area contributed by atoms with Crippen molar-refractivity contribution in [2.45, 2.75) is 32.7 Å². The van der Waals surface area contributed by atoms with Gasteiger partial charge in [-0.2, -0.15) is 0 Å².